The van der Waals surface area contributed by atoms with Crippen LogP contribution in [0.15, 0.2) is 42.5 Å². The summed E-state index contributed by atoms with van der Waals surface area (Å²) in [6.07, 6.45) is 0. The summed E-state index contributed by atoms with van der Waals surface area (Å²) in [7, 11) is 0. The van der Waals surface area contributed by atoms with E-state index >= 15 is 0 Å². The molecule has 0 atom stereocenters. The molecule has 0 spiro atoms. The summed E-state index contributed by atoms with van der Waals surface area (Å²) in [6, 6.07) is 12.6. The van der Waals surface area contributed by atoms with E-state index in [1.807, 2.05) is 51.1 Å². The molecule has 0 aliphatic rings. The highest BCUT2D eigenvalue weighted by Crippen LogP contribution is 2.20. The summed E-state index contributed by atoms with van der Waals surface area (Å²) in [4.78, 5) is 23.0. The Morgan fingerprint density at radius 2 is 1.74 bits per heavy atom. The Kier molecular flexibility index (Phi) is 6.45. The van der Waals surface area contributed by atoms with E-state index in [0.29, 0.717) is 17.9 Å². The fourth-order valence-electron chi connectivity index (χ4n) is 2.56. The highest BCUT2D eigenvalue weighted by molar-refractivity contribution is 5.91. The number of carboxylic acid groups (broad SMARTS) is 1. The van der Waals surface area contributed by atoms with Gasteiger partial charge < -0.3 is 20.5 Å². The van der Waals surface area contributed by atoms with E-state index in [1.54, 1.807) is 19.1 Å². The van der Waals surface area contributed by atoms with E-state index in [9.17, 15) is 14.7 Å². The Hall–Kier alpha value is -3.02. The Balaban J connectivity index is 1.90. The van der Waals surface area contributed by atoms with Crippen LogP contribution in [0, 0.1) is 6.92 Å². The quantitative estimate of drug-likeness (QED) is 0.693. The molecule has 0 saturated heterocycles. The Labute approximate surface area is 159 Å². The molecule has 0 radical (unpaired) electrons. The smallest absolute Gasteiger partial charge is 0.336 e. The average molecular weight is 370 g/mol. The minimum absolute atomic E-state index is 0.0317. The number of amides is 1. The van der Waals surface area contributed by atoms with E-state index in [4.69, 9.17) is 4.74 Å². The van der Waals surface area contributed by atoms with Crippen LogP contribution in [0.3, 0.4) is 0 Å². The van der Waals surface area contributed by atoms with Gasteiger partial charge >= 0.3 is 5.97 Å². The van der Waals surface area contributed by atoms with Crippen LogP contribution in [-0.2, 0) is 11.3 Å². The van der Waals surface area contributed by atoms with Gasteiger partial charge in [-0.15, -0.1) is 0 Å². The van der Waals surface area contributed by atoms with Crippen molar-refractivity contribution in [2.75, 3.05) is 11.9 Å². The molecule has 0 heterocycles. The fourth-order valence-corrected chi connectivity index (χ4v) is 2.56. The van der Waals surface area contributed by atoms with Gasteiger partial charge in [0.1, 0.15) is 5.75 Å². The van der Waals surface area contributed by atoms with Crippen molar-refractivity contribution in [3.8, 4) is 5.75 Å². The average Bonchev–Trinajstić information content (AvgIpc) is 2.58. The predicted molar refractivity (Wildman–Crippen MR) is 105 cm³/mol. The zero-order valence-corrected chi connectivity index (χ0v) is 16.1. The summed E-state index contributed by atoms with van der Waals surface area (Å²) in [5.41, 5.74) is 2.51. The van der Waals surface area contributed by atoms with Crippen LogP contribution < -0.4 is 15.4 Å². The van der Waals surface area contributed by atoms with Gasteiger partial charge in [-0.3, -0.25) is 4.79 Å². The first-order valence-corrected chi connectivity index (χ1v) is 8.75. The van der Waals surface area contributed by atoms with Crippen molar-refractivity contribution >= 4 is 17.6 Å². The first-order valence-electron chi connectivity index (χ1n) is 8.75. The van der Waals surface area contributed by atoms with Crippen LogP contribution in [0.4, 0.5) is 5.69 Å². The van der Waals surface area contributed by atoms with Gasteiger partial charge in [0.2, 0.25) is 0 Å². The predicted octanol–water partition coefficient (Wildman–Crippen LogP) is 3.60. The van der Waals surface area contributed by atoms with Gasteiger partial charge in [-0.1, -0.05) is 18.2 Å². The summed E-state index contributed by atoms with van der Waals surface area (Å²) in [5, 5.41) is 15.3. The number of hydrogen-bond acceptors (Lipinski definition) is 4. The third kappa shape index (κ3) is 6.33. The number of ether oxygens (including phenoxy) is 1. The molecule has 0 bridgehead atoms. The van der Waals surface area contributed by atoms with Gasteiger partial charge in [-0.25, -0.2) is 4.79 Å². The normalized spacial score (nSPS) is 11.0. The van der Waals surface area contributed by atoms with Crippen molar-refractivity contribution in [3.05, 3.63) is 59.2 Å². The second-order valence-corrected chi connectivity index (χ2v) is 7.37. The molecule has 27 heavy (non-hydrogen) atoms. The van der Waals surface area contributed by atoms with Gasteiger partial charge in [0.25, 0.3) is 5.91 Å². The van der Waals surface area contributed by atoms with Gasteiger partial charge in [0.15, 0.2) is 6.61 Å². The molecule has 0 aromatic heterocycles. The number of rotatable bonds is 7. The maximum Gasteiger partial charge on any atom is 0.336 e. The van der Waals surface area contributed by atoms with Crippen LogP contribution in [0.2, 0.25) is 0 Å². The number of carbonyl (C=O) groups is 2. The Morgan fingerprint density at radius 3 is 2.33 bits per heavy atom. The van der Waals surface area contributed by atoms with E-state index in [1.165, 1.54) is 0 Å². The van der Waals surface area contributed by atoms with Gasteiger partial charge in [0, 0.05) is 17.8 Å². The molecule has 0 unspecified atom stereocenters. The lowest BCUT2D eigenvalue weighted by Gasteiger charge is -2.20. The number of nitrogens with one attached hydrogen (secondary N) is 2. The lowest BCUT2D eigenvalue weighted by Crippen LogP contribution is -2.43. The topological polar surface area (TPSA) is 87.7 Å². The third-order valence-electron chi connectivity index (χ3n) is 3.85. The molecule has 0 aliphatic heterocycles. The second-order valence-electron chi connectivity index (χ2n) is 7.37. The van der Waals surface area contributed by atoms with Crippen molar-refractivity contribution in [3.63, 3.8) is 0 Å². The van der Waals surface area contributed by atoms with Crippen molar-refractivity contribution in [2.45, 2.75) is 39.8 Å². The van der Waals surface area contributed by atoms with Gasteiger partial charge in [0.05, 0.1) is 5.56 Å². The van der Waals surface area contributed by atoms with E-state index < -0.39 is 5.97 Å². The molecule has 1 amide bonds. The zero-order valence-electron chi connectivity index (χ0n) is 16.1. The number of hydrogen-bond donors (Lipinski definition) is 3. The number of benzene rings is 2. The molecule has 6 heteroatoms. The number of carboxylic acids is 1. The number of aromatic carboxylic acids is 1. The van der Waals surface area contributed by atoms with Gasteiger partial charge in [-0.2, -0.15) is 0 Å². The maximum absolute atomic E-state index is 11.8. The van der Waals surface area contributed by atoms with Crippen molar-refractivity contribution in [2.24, 2.45) is 0 Å². The lowest BCUT2D eigenvalue weighted by molar-refractivity contribution is -0.124. The SMILES string of the molecule is Cc1c(NCc2ccc(OCC(=O)NC(C)(C)C)cc2)cccc1C(=O)O. The molecule has 3 N–H and O–H groups in total. The molecule has 2 aromatic carbocycles. The summed E-state index contributed by atoms with van der Waals surface area (Å²) < 4.78 is 5.49. The molecule has 144 valence electrons. The van der Waals surface area contributed by atoms with E-state index in [-0.39, 0.29) is 23.6 Å². The molecule has 2 rings (SSSR count). The van der Waals surface area contributed by atoms with E-state index in [2.05, 4.69) is 10.6 Å². The molecule has 0 aliphatic carbocycles. The lowest BCUT2D eigenvalue weighted by atomic mass is 10.1. The van der Waals surface area contributed by atoms with Crippen LogP contribution in [0.1, 0.15) is 42.3 Å². The van der Waals surface area contributed by atoms with Crippen LogP contribution in [-0.4, -0.2) is 29.1 Å². The zero-order chi connectivity index (χ0) is 20.0. The van der Waals surface area contributed by atoms with Gasteiger partial charge in [-0.05, 0) is 63.1 Å². The van der Waals surface area contributed by atoms with Crippen molar-refractivity contribution in [1.82, 2.24) is 5.32 Å². The summed E-state index contributed by atoms with van der Waals surface area (Å²) in [5.74, 6) is -0.484. The third-order valence-corrected chi connectivity index (χ3v) is 3.85. The number of anilines is 1. The molecular formula is C21H26N2O4. The maximum atomic E-state index is 11.8. The molecule has 0 saturated carbocycles. The highest BCUT2D eigenvalue weighted by Gasteiger charge is 2.14. The van der Waals surface area contributed by atoms with Crippen LogP contribution in [0.25, 0.3) is 0 Å². The standard InChI is InChI=1S/C21H26N2O4/c1-14-17(20(25)26)6-5-7-18(14)22-12-15-8-10-16(11-9-15)27-13-19(24)23-21(2,3)4/h5-11,22H,12-13H2,1-4H3,(H,23,24)(H,25,26). The van der Waals surface area contributed by atoms with Crippen molar-refractivity contribution in [1.29, 1.82) is 0 Å². The Bertz CT molecular complexity index is 808. The second kappa shape index (κ2) is 8.58. The highest BCUT2D eigenvalue weighted by atomic mass is 16.5. The molecular weight excluding hydrogens is 344 g/mol. The molecule has 2 aromatic rings. The first-order chi connectivity index (χ1) is 12.7. The van der Waals surface area contributed by atoms with Crippen LogP contribution >= 0.6 is 0 Å². The first kappa shape index (κ1) is 20.3. The van der Waals surface area contributed by atoms with E-state index in [0.717, 1.165) is 11.3 Å². The molecule has 0 fully saturated rings. The largest absolute Gasteiger partial charge is 0.484 e. The monoisotopic (exact) mass is 370 g/mol. The molecule has 6 nitrogen and oxygen atoms in total. The minimum Gasteiger partial charge on any atom is -0.484 e. The summed E-state index contributed by atoms with van der Waals surface area (Å²) >= 11 is 0. The number of carbonyl (C=O) groups excluding carboxylic acids is 1. The van der Waals surface area contributed by atoms with Crippen molar-refractivity contribution < 1.29 is 19.4 Å². The Morgan fingerprint density at radius 1 is 1.07 bits per heavy atom. The van der Waals surface area contributed by atoms with Crippen LogP contribution in [0.5, 0.6) is 5.75 Å². The fraction of sp³-hybridized carbons (Fsp3) is 0.333. The summed E-state index contributed by atoms with van der Waals surface area (Å²) in [6.45, 7) is 8.05. The minimum atomic E-state index is -0.937.